The Kier molecular flexibility index (Phi) is 5.21. The van der Waals surface area contributed by atoms with Crippen LogP contribution in [0.1, 0.15) is 11.1 Å². The molecule has 0 fully saturated rings. The van der Waals surface area contributed by atoms with Gasteiger partial charge in [0.05, 0.1) is 10.2 Å². The molecule has 0 bridgehead atoms. The average molecular weight is 381 g/mol. The maximum Gasteiger partial charge on any atom is 0.227 e. The first-order chi connectivity index (χ1) is 9.69. The van der Waals surface area contributed by atoms with Crippen molar-refractivity contribution in [2.75, 3.05) is 13.2 Å². The predicted molar refractivity (Wildman–Crippen MR) is 83.6 cm³/mol. The summed E-state index contributed by atoms with van der Waals surface area (Å²) >= 11 is 2.11. The van der Waals surface area contributed by atoms with E-state index in [1.165, 1.54) is 0 Å². The van der Waals surface area contributed by atoms with Crippen LogP contribution in [-0.2, 0) is 0 Å². The number of rotatable bonds is 3. The Hall–Kier alpha value is -1.78. The number of pyridine rings is 1. The van der Waals surface area contributed by atoms with Crippen molar-refractivity contribution in [1.82, 2.24) is 4.98 Å². The highest BCUT2D eigenvalue weighted by molar-refractivity contribution is 14.1. The van der Waals surface area contributed by atoms with Crippen LogP contribution in [0.15, 0.2) is 36.5 Å². The molecule has 0 saturated heterocycles. The molecule has 0 aliphatic heterocycles. The number of aliphatic hydroxyl groups is 1. The summed E-state index contributed by atoms with van der Waals surface area (Å²) in [6.45, 7) is 0.182. The smallest absolute Gasteiger partial charge is 0.227 e. The van der Waals surface area contributed by atoms with Gasteiger partial charge in [-0.2, -0.15) is 0 Å². The zero-order valence-electron chi connectivity index (χ0n) is 10.5. The Balaban J connectivity index is 2.14. The number of aliphatic hydroxyl groups excluding tert-OH is 1. The van der Waals surface area contributed by atoms with E-state index >= 15 is 0 Å². The zero-order valence-corrected chi connectivity index (χ0v) is 12.7. The van der Waals surface area contributed by atoms with E-state index in [1.807, 2.05) is 6.07 Å². The van der Waals surface area contributed by atoms with Crippen LogP contribution in [0.3, 0.4) is 0 Å². The number of phenolic OH excluding ortho intramolecular Hbond substituents is 1. The highest BCUT2D eigenvalue weighted by atomic mass is 127. The zero-order chi connectivity index (χ0) is 14.4. The van der Waals surface area contributed by atoms with Gasteiger partial charge < -0.3 is 14.9 Å². The molecule has 0 amide bonds. The highest BCUT2D eigenvalue weighted by Gasteiger charge is 2.02. The van der Waals surface area contributed by atoms with Gasteiger partial charge in [0, 0.05) is 17.3 Å². The maximum atomic E-state index is 9.19. The summed E-state index contributed by atoms with van der Waals surface area (Å²) in [6.07, 6.45) is 1.63. The number of hydrogen-bond donors (Lipinski definition) is 2. The second-order valence-corrected chi connectivity index (χ2v) is 5.04. The molecule has 0 unspecified atom stereocenters. The second kappa shape index (κ2) is 7.12. The van der Waals surface area contributed by atoms with Crippen molar-refractivity contribution in [3.8, 4) is 23.5 Å². The number of phenols is 1. The Morgan fingerprint density at radius 2 is 1.85 bits per heavy atom. The summed E-state index contributed by atoms with van der Waals surface area (Å²) < 4.78 is 6.11. The van der Waals surface area contributed by atoms with E-state index in [2.05, 4.69) is 39.4 Å². The number of aromatic hydroxyl groups is 1. The van der Waals surface area contributed by atoms with Gasteiger partial charge in [-0.3, -0.25) is 0 Å². The van der Waals surface area contributed by atoms with E-state index in [4.69, 9.17) is 9.84 Å². The average Bonchev–Trinajstić information content (AvgIpc) is 2.46. The molecule has 1 aromatic heterocycles. The fourth-order valence-electron chi connectivity index (χ4n) is 1.43. The third-order valence-corrected chi connectivity index (χ3v) is 3.13. The van der Waals surface area contributed by atoms with Crippen molar-refractivity contribution in [3.63, 3.8) is 0 Å². The first-order valence-electron chi connectivity index (χ1n) is 5.89. The fraction of sp³-hybridized carbons (Fsp3) is 0.133. The fourth-order valence-corrected chi connectivity index (χ4v) is 2.06. The lowest BCUT2D eigenvalue weighted by Gasteiger charge is -2.04. The van der Waals surface area contributed by atoms with Gasteiger partial charge >= 0.3 is 0 Å². The molecule has 1 heterocycles. The topological polar surface area (TPSA) is 62.6 Å². The first-order valence-corrected chi connectivity index (χ1v) is 6.97. The van der Waals surface area contributed by atoms with Crippen LogP contribution in [0.2, 0.25) is 0 Å². The number of aromatic nitrogens is 1. The molecule has 0 aliphatic carbocycles. The minimum absolute atomic E-state index is 0.0415. The highest BCUT2D eigenvalue weighted by Crippen LogP contribution is 2.18. The van der Waals surface area contributed by atoms with Crippen molar-refractivity contribution >= 4 is 22.6 Å². The van der Waals surface area contributed by atoms with E-state index in [9.17, 15) is 5.11 Å². The number of benzene rings is 1. The molecule has 20 heavy (non-hydrogen) atoms. The minimum atomic E-state index is -0.0415. The summed E-state index contributed by atoms with van der Waals surface area (Å²) in [5.74, 6) is 6.71. The number of ether oxygens (including phenoxy) is 1. The Bertz CT molecular complexity index is 644. The van der Waals surface area contributed by atoms with E-state index in [0.29, 0.717) is 5.88 Å². The van der Waals surface area contributed by atoms with E-state index in [-0.39, 0.29) is 19.0 Å². The van der Waals surface area contributed by atoms with Gasteiger partial charge in [0.2, 0.25) is 5.88 Å². The van der Waals surface area contributed by atoms with Gasteiger partial charge in [-0.05, 0) is 52.9 Å². The predicted octanol–water partition coefficient (Wildman–Crippen LogP) is 2.16. The van der Waals surface area contributed by atoms with Crippen molar-refractivity contribution in [2.45, 2.75) is 0 Å². The molecule has 102 valence electrons. The van der Waals surface area contributed by atoms with Gasteiger partial charge in [-0.1, -0.05) is 11.8 Å². The third kappa shape index (κ3) is 4.11. The van der Waals surface area contributed by atoms with Crippen molar-refractivity contribution in [1.29, 1.82) is 0 Å². The van der Waals surface area contributed by atoms with Gasteiger partial charge in [-0.15, -0.1) is 0 Å². The Morgan fingerprint density at radius 1 is 1.15 bits per heavy atom. The Morgan fingerprint density at radius 3 is 2.50 bits per heavy atom. The van der Waals surface area contributed by atoms with Gasteiger partial charge in [-0.25, -0.2) is 4.98 Å². The molecule has 0 spiro atoms. The summed E-state index contributed by atoms with van der Waals surface area (Å²) in [5, 5.41) is 17.9. The molecule has 1 aromatic carbocycles. The summed E-state index contributed by atoms with van der Waals surface area (Å²) in [5.41, 5.74) is 1.59. The van der Waals surface area contributed by atoms with Crippen LogP contribution in [-0.4, -0.2) is 28.4 Å². The van der Waals surface area contributed by atoms with Crippen LogP contribution >= 0.6 is 22.6 Å². The largest absolute Gasteiger partial charge is 0.508 e. The van der Waals surface area contributed by atoms with Crippen LogP contribution in [0.4, 0.5) is 0 Å². The summed E-state index contributed by atoms with van der Waals surface area (Å²) in [6, 6.07) is 8.56. The molecule has 0 saturated carbocycles. The van der Waals surface area contributed by atoms with Gasteiger partial charge in [0.15, 0.2) is 0 Å². The number of hydrogen-bond acceptors (Lipinski definition) is 4. The molecule has 4 nitrogen and oxygen atoms in total. The molecule has 2 N–H and O–H groups in total. The monoisotopic (exact) mass is 381 g/mol. The van der Waals surface area contributed by atoms with Crippen molar-refractivity contribution in [2.24, 2.45) is 0 Å². The third-order valence-electron chi connectivity index (χ3n) is 2.36. The maximum absolute atomic E-state index is 9.19. The summed E-state index contributed by atoms with van der Waals surface area (Å²) in [7, 11) is 0. The van der Waals surface area contributed by atoms with Crippen molar-refractivity contribution < 1.29 is 14.9 Å². The molecular formula is C15H12INO3. The number of nitrogens with zero attached hydrogens (tertiary/aromatic N) is 1. The number of halogens is 1. The molecular weight excluding hydrogens is 369 g/mol. The first kappa shape index (κ1) is 14.6. The lowest BCUT2D eigenvalue weighted by atomic mass is 10.2. The normalized spacial score (nSPS) is 9.70. The van der Waals surface area contributed by atoms with Gasteiger partial charge in [0.25, 0.3) is 0 Å². The van der Waals surface area contributed by atoms with E-state index in [1.54, 1.807) is 30.5 Å². The molecule has 2 rings (SSSR count). The summed E-state index contributed by atoms with van der Waals surface area (Å²) in [4.78, 5) is 4.16. The Labute approximate surface area is 130 Å². The van der Waals surface area contributed by atoms with Crippen molar-refractivity contribution in [3.05, 3.63) is 51.2 Å². The molecule has 0 radical (unpaired) electrons. The minimum Gasteiger partial charge on any atom is -0.508 e. The van der Waals surface area contributed by atoms with Crippen LogP contribution in [0, 0.1) is 15.4 Å². The van der Waals surface area contributed by atoms with Crippen LogP contribution in [0.5, 0.6) is 11.6 Å². The standard InChI is InChI=1S/C15H12INO3/c16-14-9-12(10-17-15(14)20-8-7-18)2-1-11-3-5-13(19)6-4-11/h3-6,9-10,18-19H,7-8H2. The van der Waals surface area contributed by atoms with Gasteiger partial charge in [0.1, 0.15) is 12.4 Å². The molecule has 0 atom stereocenters. The molecule has 5 heteroatoms. The molecule has 0 aliphatic rings. The second-order valence-electron chi connectivity index (χ2n) is 3.88. The van der Waals surface area contributed by atoms with E-state index < -0.39 is 0 Å². The van der Waals surface area contributed by atoms with Crippen LogP contribution < -0.4 is 4.74 Å². The van der Waals surface area contributed by atoms with E-state index in [0.717, 1.165) is 14.7 Å². The lowest BCUT2D eigenvalue weighted by molar-refractivity contribution is 0.196. The SMILES string of the molecule is OCCOc1ncc(C#Cc2ccc(O)cc2)cc1I. The quantitative estimate of drug-likeness (QED) is 0.632. The van der Waals surface area contributed by atoms with Crippen LogP contribution in [0.25, 0.3) is 0 Å². The molecule has 2 aromatic rings. The lowest BCUT2D eigenvalue weighted by Crippen LogP contribution is -2.04.